The number of carbonyl (C=O) groups is 3. The van der Waals surface area contributed by atoms with Crippen LogP contribution < -0.4 is 24.8 Å². The number of carbonyl (C=O) groups excluding carboxylic acids is 3. The Balaban J connectivity index is 1.27. The number of methoxy groups -OCH3 is 1. The highest BCUT2D eigenvalue weighted by atomic mass is 16.5. The minimum atomic E-state index is -0.502. The Morgan fingerprint density at radius 1 is 1.07 bits per heavy atom. The topological polar surface area (TPSA) is 115 Å². The first kappa shape index (κ1) is 27.4. The molecule has 2 saturated carbocycles. The van der Waals surface area contributed by atoms with Crippen LogP contribution in [-0.4, -0.2) is 74.8 Å². The van der Waals surface area contributed by atoms with Crippen LogP contribution in [0.3, 0.4) is 0 Å². The molecular weight excluding hydrogens is 526 g/mol. The summed E-state index contributed by atoms with van der Waals surface area (Å²) in [6.07, 6.45) is 4.42. The monoisotopic (exact) mass is 563 g/mol. The maximum atomic E-state index is 13.7. The summed E-state index contributed by atoms with van der Waals surface area (Å²) in [4.78, 5) is 41.5. The maximum Gasteiger partial charge on any atom is 0.258 e. The van der Waals surface area contributed by atoms with Gasteiger partial charge in [-0.25, -0.2) is 0 Å². The molecule has 0 spiro atoms. The summed E-state index contributed by atoms with van der Waals surface area (Å²) in [5.74, 6) is 1.48. The molecule has 0 unspecified atom stereocenters. The van der Waals surface area contributed by atoms with Crippen LogP contribution in [0.2, 0.25) is 0 Å². The third kappa shape index (κ3) is 6.27. The molecule has 0 aromatic heterocycles. The summed E-state index contributed by atoms with van der Waals surface area (Å²) >= 11 is 0. The number of rotatable bonds is 6. The molecule has 3 aliphatic heterocycles. The van der Waals surface area contributed by atoms with E-state index in [1.165, 1.54) is 0 Å². The van der Waals surface area contributed by atoms with Gasteiger partial charge in [0.15, 0.2) is 6.61 Å². The Labute approximate surface area is 239 Å². The first-order valence-corrected chi connectivity index (χ1v) is 14.4. The number of nitrogens with one attached hydrogen (secondary N) is 2. The average molecular weight is 564 g/mol. The molecule has 2 aromatic carbocycles. The van der Waals surface area contributed by atoms with E-state index >= 15 is 0 Å². The van der Waals surface area contributed by atoms with Crippen molar-refractivity contribution in [1.29, 1.82) is 0 Å². The molecule has 1 saturated heterocycles. The van der Waals surface area contributed by atoms with Crippen molar-refractivity contribution in [3.63, 3.8) is 0 Å². The summed E-state index contributed by atoms with van der Waals surface area (Å²) < 4.78 is 23.5. The second-order valence-corrected chi connectivity index (χ2v) is 11.7. The van der Waals surface area contributed by atoms with Gasteiger partial charge in [0.2, 0.25) is 5.91 Å². The summed E-state index contributed by atoms with van der Waals surface area (Å²) in [6, 6.07) is 12.0. The zero-order valence-corrected chi connectivity index (χ0v) is 23.4. The zero-order valence-electron chi connectivity index (χ0n) is 23.4. The Morgan fingerprint density at radius 2 is 1.88 bits per heavy atom. The Hall–Kier alpha value is -3.79. The van der Waals surface area contributed by atoms with Gasteiger partial charge in [-0.15, -0.1) is 0 Å². The van der Waals surface area contributed by atoms with Gasteiger partial charge in [-0.2, -0.15) is 0 Å². The van der Waals surface area contributed by atoms with Crippen molar-refractivity contribution < 1.29 is 33.3 Å². The van der Waals surface area contributed by atoms with E-state index in [9.17, 15) is 14.4 Å². The number of likely N-dealkylation sites (tertiary alicyclic amines) is 1. The number of fused-ring (bicyclic) bond motifs is 7. The first-order chi connectivity index (χ1) is 19.9. The van der Waals surface area contributed by atoms with E-state index in [1.54, 1.807) is 30.2 Å². The van der Waals surface area contributed by atoms with Crippen LogP contribution in [0.15, 0.2) is 42.5 Å². The third-order valence-electron chi connectivity index (χ3n) is 8.45. The molecule has 10 nitrogen and oxygen atoms in total. The molecule has 10 heteroatoms. The maximum absolute atomic E-state index is 13.7. The Kier molecular flexibility index (Phi) is 7.75. The lowest BCUT2D eigenvalue weighted by molar-refractivity contribution is -0.151. The fourth-order valence-electron chi connectivity index (χ4n) is 5.71. The molecule has 2 aliphatic carbocycles. The van der Waals surface area contributed by atoms with E-state index in [2.05, 4.69) is 10.6 Å². The lowest BCUT2D eigenvalue weighted by Crippen LogP contribution is -2.50. The van der Waals surface area contributed by atoms with Gasteiger partial charge >= 0.3 is 0 Å². The molecule has 2 N–H and O–H groups in total. The van der Waals surface area contributed by atoms with E-state index in [4.69, 9.17) is 18.9 Å². The number of nitrogens with zero attached hydrogens (tertiary/aromatic N) is 1. The number of amides is 3. The number of hydrogen-bond acceptors (Lipinski definition) is 7. The minimum absolute atomic E-state index is 0.0512. The van der Waals surface area contributed by atoms with Crippen molar-refractivity contribution >= 4 is 17.7 Å². The van der Waals surface area contributed by atoms with Crippen molar-refractivity contribution in [2.45, 2.75) is 50.8 Å². The van der Waals surface area contributed by atoms with Gasteiger partial charge in [0, 0.05) is 31.8 Å². The molecule has 5 aliphatic rings. The van der Waals surface area contributed by atoms with Gasteiger partial charge in [0.05, 0.1) is 31.2 Å². The second kappa shape index (κ2) is 11.6. The molecule has 2 atom stereocenters. The third-order valence-corrected chi connectivity index (χ3v) is 8.45. The summed E-state index contributed by atoms with van der Waals surface area (Å²) in [5.41, 5.74) is 0.755. The SMILES string of the molecule is COCC1(C(=O)N2C[C@@H]3NC(=O)c4cc(cc(OCC5CC5)c4)OCC(=O)NCc4ccc(cc4)O[C@H]3C2)CCC1. The van der Waals surface area contributed by atoms with Crippen LogP contribution in [-0.2, 0) is 20.9 Å². The van der Waals surface area contributed by atoms with Gasteiger partial charge in [0.1, 0.15) is 23.4 Å². The van der Waals surface area contributed by atoms with E-state index in [0.29, 0.717) is 61.6 Å². The van der Waals surface area contributed by atoms with Crippen LogP contribution in [0.5, 0.6) is 17.2 Å². The molecule has 3 amide bonds. The predicted molar refractivity (Wildman–Crippen MR) is 149 cm³/mol. The Morgan fingerprint density at radius 3 is 2.59 bits per heavy atom. The van der Waals surface area contributed by atoms with Gasteiger partial charge in [0.25, 0.3) is 11.8 Å². The zero-order chi connectivity index (χ0) is 28.4. The Bertz CT molecular complexity index is 1290. The number of benzene rings is 2. The molecule has 7 rings (SSSR count). The predicted octanol–water partition coefficient (Wildman–Crippen LogP) is 2.69. The first-order valence-electron chi connectivity index (χ1n) is 14.4. The quantitative estimate of drug-likeness (QED) is 0.555. The largest absolute Gasteiger partial charge is 0.493 e. The minimum Gasteiger partial charge on any atom is -0.493 e. The number of hydrogen-bond donors (Lipinski definition) is 2. The van der Waals surface area contributed by atoms with Crippen molar-refractivity contribution in [2.75, 3.05) is 40.0 Å². The van der Waals surface area contributed by atoms with E-state index in [0.717, 1.165) is 37.7 Å². The van der Waals surface area contributed by atoms with E-state index in [1.807, 2.05) is 24.3 Å². The fourth-order valence-corrected chi connectivity index (χ4v) is 5.71. The van der Waals surface area contributed by atoms with Gasteiger partial charge in [-0.05, 0) is 61.4 Å². The molecule has 4 bridgehead atoms. The van der Waals surface area contributed by atoms with Gasteiger partial charge in [-0.1, -0.05) is 18.6 Å². The fraction of sp³-hybridized carbons (Fsp3) is 0.516. The smallest absolute Gasteiger partial charge is 0.258 e. The normalized spacial score (nSPS) is 23.7. The van der Waals surface area contributed by atoms with Crippen LogP contribution >= 0.6 is 0 Å². The lowest BCUT2D eigenvalue weighted by Gasteiger charge is -2.42. The highest BCUT2D eigenvalue weighted by Crippen LogP contribution is 2.43. The molecular formula is C31H37N3O7. The van der Waals surface area contributed by atoms with Crippen LogP contribution in [0.1, 0.15) is 48.0 Å². The van der Waals surface area contributed by atoms with Crippen LogP contribution in [0, 0.1) is 11.3 Å². The van der Waals surface area contributed by atoms with E-state index in [-0.39, 0.29) is 24.3 Å². The summed E-state index contributed by atoms with van der Waals surface area (Å²) in [7, 11) is 1.63. The molecule has 218 valence electrons. The highest BCUT2D eigenvalue weighted by Gasteiger charge is 2.49. The second-order valence-electron chi connectivity index (χ2n) is 11.7. The standard InChI is InChI=1S/C31H37N3O7/c1-38-19-31(9-2-10-31)30(37)34-15-26-27(16-34)41-23-7-5-20(6-8-23)14-32-28(35)18-40-25-12-22(29(36)33-26)11-24(13-25)39-17-21-3-4-21/h5-8,11-13,21,26-27H,2-4,9-10,14-19H2,1H3,(H,32,35)(H,33,36)/t26-,27-/m0/s1. The summed E-state index contributed by atoms with van der Waals surface area (Å²) in [6.45, 7) is 1.79. The average Bonchev–Trinajstić information content (AvgIpc) is 3.71. The van der Waals surface area contributed by atoms with Crippen molar-refractivity contribution in [3.8, 4) is 17.2 Å². The molecule has 2 aromatic rings. The molecule has 41 heavy (non-hydrogen) atoms. The number of ether oxygens (including phenoxy) is 4. The molecule has 3 fully saturated rings. The van der Waals surface area contributed by atoms with Crippen molar-refractivity contribution in [2.24, 2.45) is 11.3 Å². The van der Waals surface area contributed by atoms with Crippen molar-refractivity contribution in [1.82, 2.24) is 15.5 Å². The summed E-state index contributed by atoms with van der Waals surface area (Å²) in [5, 5.41) is 5.96. The van der Waals surface area contributed by atoms with Gasteiger partial charge < -0.3 is 34.5 Å². The van der Waals surface area contributed by atoms with Gasteiger partial charge in [-0.3, -0.25) is 14.4 Å². The van der Waals surface area contributed by atoms with Crippen molar-refractivity contribution in [3.05, 3.63) is 53.6 Å². The lowest BCUT2D eigenvalue weighted by atomic mass is 9.68. The highest BCUT2D eigenvalue weighted by molar-refractivity contribution is 5.95. The van der Waals surface area contributed by atoms with Crippen LogP contribution in [0.4, 0.5) is 0 Å². The van der Waals surface area contributed by atoms with Crippen LogP contribution in [0.25, 0.3) is 0 Å². The molecule has 0 radical (unpaired) electrons. The van der Waals surface area contributed by atoms with E-state index < -0.39 is 17.6 Å². The molecule has 3 heterocycles.